The van der Waals surface area contributed by atoms with Gasteiger partial charge in [0.05, 0.1) is 7.11 Å². The molecule has 1 heterocycles. The Labute approximate surface area is 74.3 Å². The van der Waals surface area contributed by atoms with E-state index in [9.17, 15) is 4.79 Å². The Morgan fingerprint density at radius 1 is 1.83 bits per heavy atom. The number of nitrogens with one attached hydrogen (secondary N) is 1. The molecule has 5 heteroatoms. The zero-order chi connectivity index (χ0) is 8.97. The molecule has 1 aromatic rings. The molecule has 0 amide bonds. The van der Waals surface area contributed by atoms with Crippen molar-refractivity contribution in [2.45, 2.75) is 6.54 Å². The van der Waals surface area contributed by atoms with E-state index in [1.165, 1.54) is 18.4 Å². The van der Waals surface area contributed by atoms with Gasteiger partial charge in [0, 0.05) is 6.54 Å². The summed E-state index contributed by atoms with van der Waals surface area (Å²) in [6.45, 7) is 0.480. The molecular formula is C7H10N2O2S. The van der Waals surface area contributed by atoms with Gasteiger partial charge >= 0.3 is 5.97 Å². The van der Waals surface area contributed by atoms with Crippen molar-refractivity contribution in [1.29, 1.82) is 0 Å². The summed E-state index contributed by atoms with van der Waals surface area (Å²) in [4.78, 5) is 11.7. The second-order valence-electron chi connectivity index (χ2n) is 2.15. The number of carbonyl (C=O) groups excluding carboxylic acids is 1. The Kier molecular flexibility index (Phi) is 3.21. The molecule has 0 spiro atoms. The second-order valence-corrected chi connectivity index (χ2v) is 3.06. The number of nitrogens with two attached hydrogens (primary N) is 1. The molecule has 12 heavy (non-hydrogen) atoms. The number of carbonyl (C=O) groups is 1. The van der Waals surface area contributed by atoms with Crippen LogP contribution >= 0.6 is 11.3 Å². The van der Waals surface area contributed by atoms with E-state index in [0.29, 0.717) is 11.4 Å². The van der Waals surface area contributed by atoms with Gasteiger partial charge in [-0.25, -0.2) is 4.79 Å². The van der Waals surface area contributed by atoms with Crippen LogP contribution in [0.15, 0.2) is 11.4 Å². The van der Waals surface area contributed by atoms with Gasteiger partial charge in [0.2, 0.25) is 0 Å². The van der Waals surface area contributed by atoms with Crippen LogP contribution in [0, 0.1) is 0 Å². The normalized spacial score (nSPS) is 9.83. The molecule has 0 unspecified atom stereocenters. The van der Waals surface area contributed by atoms with Crippen LogP contribution in [0.3, 0.4) is 0 Å². The SMILES string of the molecule is COC(=O)c1sccc1CNN. The molecule has 4 nitrogen and oxygen atoms in total. The van der Waals surface area contributed by atoms with E-state index in [0.717, 1.165) is 5.56 Å². The topological polar surface area (TPSA) is 64.3 Å². The third-order valence-electron chi connectivity index (χ3n) is 1.41. The van der Waals surface area contributed by atoms with Crippen LogP contribution in [0.4, 0.5) is 0 Å². The summed E-state index contributed by atoms with van der Waals surface area (Å²) in [5, 5.41) is 1.83. The van der Waals surface area contributed by atoms with Gasteiger partial charge in [0.1, 0.15) is 4.88 Å². The van der Waals surface area contributed by atoms with Crippen molar-refractivity contribution in [1.82, 2.24) is 5.43 Å². The highest BCUT2D eigenvalue weighted by molar-refractivity contribution is 7.12. The molecule has 0 aliphatic heterocycles. The van der Waals surface area contributed by atoms with Gasteiger partial charge in [-0.3, -0.25) is 11.3 Å². The van der Waals surface area contributed by atoms with Crippen molar-refractivity contribution in [3.8, 4) is 0 Å². The fraction of sp³-hybridized carbons (Fsp3) is 0.286. The highest BCUT2D eigenvalue weighted by Gasteiger charge is 2.11. The number of hydrogen-bond donors (Lipinski definition) is 2. The van der Waals surface area contributed by atoms with E-state index < -0.39 is 0 Å². The van der Waals surface area contributed by atoms with Crippen molar-refractivity contribution >= 4 is 17.3 Å². The minimum Gasteiger partial charge on any atom is -0.465 e. The average molecular weight is 186 g/mol. The van der Waals surface area contributed by atoms with Crippen molar-refractivity contribution in [3.63, 3.8) is 0 Å². The average Bonchev–Trinajstić information content (AvgIpc) is 2.52. The van der Waals surface area contributed by atoms with Crippen LogP contribution in [0.25, 0.3) is 0 Å². The zero-order valence-corrected chi connectivity index (χ0v) is 7.48. The van der Waals surface area contributed by atoms with Crippen molar-refractivity contribution in [2.24, 2.45) is 5.84 Å². The number of methoxy groups -OCH3 is 1. The summed E-state index contributed by atoms with van der Waals surface area (Å²) in [7, 11) is 1.36. The van der Waals surface area contributed by atoms with Crippen LogP contribution in [0.1, 0.15) is 15.2 Å². The fourth-order valence-electron chi connectivity index (χ4n) is 0.857. The molecule has 0 fully saturated rings. The smallest absolute Gasteiger partial charge is 0.348 e. The first-order chi connectivity index (χ1) is 5.79. The summed E-state index contributed by atoms with van der Waals surface area (Å²) in [5.74, 6) is 4.82. The highest BCUT2D eigenvalue weighted by atomic mass is 32.1. The summed E-state index contributed by atoms with van der Waals surface area (Å²) < 4.78 is 4.58. The Hall–Kier alpha value is -0.910. The number of hydrogen-bond acceptors (Lipinski definition) is 5. The largest absolute Gasteiger partial charge is 0.465 e. The van der Waals surface area contributed by atoms with E-state index in [-0.39, 0.29) is 5.97 Å². The van der Waals surface area contributed by atoms with E-state index in [2.05, 4.69) is 10.2 Å². The van der Waals surface area contributed by atoms with E-state index in [4.69, 9.17) is 5.84 Å². The van der Waals surface area contributed by atoms with E-state index >= 15 is 0 Å². The molecule has 0 atom stereocenters. The molecule has 1 aromatic heterocycles. The van der Waals surface area contributed by atoms with E-state index in [1.807, 2.05) is 11.4 Å². The second kappa shape index (κ2) is 4.20. The van der Waals surface area contributed by atoms with Gasteiger partial charge in [0.25, 0.3) is 0 Å². The third-order valence-corrected chi connectivity index (χ3v) is 2.35. The maximum atomic E-state index is 11.1. The first kappa shape index (κ1) is 9.18. The maximum Gasteiger partial charge on any atom is 0.348 e. The lowest BCUT2D eigenvalue weighted by molar-refractivity contribution is 0.0605. The number of hydrazine groups is 1. The van der Waals surface area contributed by atoms with Gasteiger partial charge in [-0.2, -0.15) is 0 Å². The van der Waals surface area contributed by atoms with Crippen molar-refractivity contribution < 1.29 is 9.53 Å². The lowest BCUT2D eigenvalue weighted by Crippen LogP contribution is -2.21. The molecule has 0 radical (unpaired) electrons. The maximum absolute atomic E-state index is 11.1. The highest BCUT2D eigenvalue weighted by Crippen LogP contribution is 2.17. The van der Waals surface area contributed by atoms with Crippen molar-refractivity contribution in [2.75, 3.05) is 7.11 Å². The molecule has 0 aromatic carbocycles. The fourth-order valence-corrected chi connectivity index (χ4v) is 1.70. The van der Waals surface area contributed by atoms with E-state index in [1.54, 1.807) is 0 Å². The van der Waals surface area contributed by atoms with Gasteiger partial charge < -0.3 is 4.74 Å². The molecular weight excluding hydrogens is 176 g/mol. The molecule has 1 rings (SSSR count). The molecule has 0 bridgehead atoms. The Bertz CT molecular complexity index is 272. The Balaban J connectivity index is 2.83. The molecule has 0 saturated heterocycles. The molecule has 66 valence electrons. The number of thiophene rings is 1. The first-order valence-electron chi connectivity index (χ1n) is 3.37. The molecule has 0 saturated carbocycles. The van der Waals surface area contributed by atoms with Crippen LogP contribution in [0.5, 0.6) is 0 Å². The Morgan fingerprint density at radius 3 is 3.17 bits per heavy atom. The quantitative estimate of drug-likeness (QED) is 0.410. The first-order valence-corrected chi connectivity index (χ1v) is 4.25. The summed E-state index contributed by atoms with van der Waals surface area (Å²) in [6.07, 6.45) is 0. The monoisotopic (exact) mass is 186 g/mol. The standard InChI is InChI=1S/C7H10N2O2S/c1-11-7(10)6-5(4-9-8)2-3-12-6/h2-3,9H,4,8H2,1H3. The predicted molar refractivity (Wildman–Crippen MR) is 46.7 cm³/mol. The third kappa shape index (κ3) is 1.82. The molecule has 3 N–H and O–H groups in total. The summed E-state index contributed by atoms with van der Waals surface area (Å²) in [5.41, 5.74) is 3.36. The van der Waals surface area contributed by atoms with Crippen molar-refractivity contribution in [3.05, 3.63) is 21.9 Å². The van der Waals surface area contributed by atoms with Gasteiger partial charge in [-0.05, 0) is 17.0 Å². The van der Waals surface area contributed by atoms with Crippen LogP contribution in [-0.2, 0) is 11.3 Å². The number of ether oxygens (including phenoxy) is 1. The molecule has 0 aliphatic rings. The van der Waals surface area contributed by atoms with Gasteiger partial charge in [-0.15, -0.1) is 11.3 Å². The lowest BCUT2D eigenvalue weighted by Gasteiger charge is -1.99. The van der Waals surface area contributed by atoms with Gasteiger partial charge in [0.15, 0.2) is 0 Å². The summed E-state index contributed by atoms with van der Waals surface area (Å²) >= 11 is 1.35. The summed E-state index contributed by atoms with van der Waals surface area (Å²) in [6, 6.07) is 1.84. The number of esters is 1. The predicted octanol–water partition coefficient (Wildman–Crippen LogP) is 0.498. The molecule has 0 aliphatic carbocycles. The Morgan fingerprint density at radius 2 is 2.58 bits per heavy atom. The lowest BCUT2D eigenvalue weighted by atomic mass is 10.2. The van der Waals surface area contributed by atoms with Crippen LogP contribution in [-0.4, -0.2) is 13.1 Å². The van der Waals surface area contributed by atoms with Crippen LogP contribution < -0.4 is 11.3 Å². The van der Waals surface area contributed by atoms with Gasteiger partial charge in [-0.1, -0.05) is 0 Å². The minimum atomic E-state index is -0.310. The van der Waals surface area contributed by atoms with Crippen LogP contribution in [0.2, 0.25) is 0 Å². The minimum absolute atomic E-state index is 0.310. The zero-order valence-electron chi connectivity index (χ0n) is 6.66. The number of rotatable bonds is 3.